The van der Waals surface area contributed by atoms with Crippen molar-refractivity contribution in [1.29, 1.82) is 0 Å². The van der Waals surface area contributed by atoms with E-state index in [-0.39, 0.29) is 6.04 Å². The van der Waals surface area contributed by atoms with Crippen LogP contribution in [-0.4, -0.2) is 23.8 Å². The molecule has 28 heavy (non-hydrogen) atoms. The predicted molar refractivity (Wildman–Crippen MR) is 111 cm³/mol. The Labute approximate surface area is 164 Å². The van der Waals surface area contributed by atoms with E-state index in [1.165, 1.54) is 0 Å². The molecule has 140 valence electrons. The second-order valence-electron chi connectivity index (χ2n) is 7.06. The first-order valence-corrected chi connectivity index (χ1v) is 10.8. The summed E-state index contributed by atoms with van der Waals surface area (Å²) in [7, 11) is -3.65. The SMILES string of the molecule is O=S(=O)(c1ccc2ccccc2c1)N1CCn2cccc2[C@@H]1c1ccccc1. The molecule has 4 nitrogen and oxygen atoms in total. The fraction of sp³-hybridized carbons (Fsp3) is 0.130. The number of aromatic nitrogens is 1. The third kappa shape index (κ3) is 2.75. The summed E-state index contributed by atoms with van der Waals surface area (Å²) in [6, 6.07) is 26.7. The van der Waals surface area contributed by atoms with E-state index in [4.69, 9.17) is 0 Å². The molecule has 1 atom stereocenters. The van der Waals surface area contributed by atoms with Crippen molar-refractivity contribution >= 4 is 20.8 Å². The molecule has 0 spiro atoms. The lowest BCUT2D eigenvalue weighted by Gasteiger charge is -2.36. The van der Waals surface area contributed by atoms with Gasteiger partial charge in [-0.2, -0.15) is 4.31 Å². The smallest absolute Gasteiger partial charge is 0.244 e. The second-order valence-corrected chi connectivity index (χ2v) is 8.95. The van der Waals surface area contributed by atoms with Crippen molar-refractivity contribution in [3.05, 3.63) is 102 Å². The van der Waals surface area contributed by atoms with Gasteiger partial charge in [-0.05, 0) is 40.6 Å². The summed E-state index contributed by atoms with van der Waals surface area (Å²) in [5, 5.41) is 1.97. The molecule has 0 saturated carbocycles. The minimum absolute atomic E-state index is 0.332. The highest BCUT2D eigenvalue weighted by atomic mass is 32.2. The van der Waals surface area contributed by atoms with Crippen molar-refractivity contribution in [2.45, 2.75) is 17.5 Å². The van der Waals surface area contributed by atoms with Crippen molar-refractivity contribution in [2.75, 3.05) is 6.54 Å². The van der Waals surface area contributed by atoms with E-state index < -0.39 is 10.0 Å². The van der Waals surface area contributed by atoms with E-state index in [0.717, 1.165) is 22.0 Å². The van der Waals surface area contributed by atoms with Gasteiger partial charge < -0.3 is 4.57 Å². The summed E-state index contributed by atoms with van der Waals surface area (Å²) >= 11 is 0. The van der Waals surface area contributed by atoms with Gasteiger partial charge in [0.05, 0.1) is 10.9 Å². The third-order valence-corrected chi connectivity index (χ3v) is 7.30. The first-order valence-electron chi connectivity index (χ1n) is 9.35. The van der Waals surface area contributed by atoms with Gasteiger partial charge in [-0.3, -0.25) is 0 Å². The van der Waals surface area contributed by atoms with Gasteiger partial charge in [0.1, 0.15) is 0 Å². The van der Waals surface area contributed by atoms with Crippen LogP contribution in [0, 0.1) is 0 Å². The summed E-state index contributed by atoms with van der Waals surface area (Å²) in [5.74, 6) is 0. The summed E-state index contributed by atoms with van der Waals surface area (Å²) in [6.45, 7) is 1.09. The minimum atomic E-state index is -3.65. The lowest BCUT2D eigenvalue weighted by atomic mass is 10.0. The third-order valence-electron chi connectivity index (χ3n) is 5.44. The maximum Gasteiger partial charge on any atom is 0.244 e. The highest BCUT2D eigenvalue weighted by Crippen LogP contribution is 2.36. The molecule has 2 heterocycles. The van der Waals surface area contributed by atoms with E-state index >= 15 is 0 Å². The van der Waals surface area contributed by atoms with E-state index in [0.29, 0.717) is 18.0 Å². The Balaban J connectivity index is 1.65. The topological polar surface area (TPSA) is 42.3 Å². The van der Waals surface area contributed by atoms with E-state index in [1.807, 2.05) is 79.0 Å². The zero-order valence-electron chi connectivity index (χ0n) is 15.3. The van der Waals surface area contributed by atoms with Crippen LogP contribution in [0.4, 0.5) is 0 Å². The molecular formula is C23H20N2O2S. The van der Waals surface area contributed by atoms with Gasteiger partial charge in [0.25, 0.3) is 0 Å². The molecule has 4 aromatic rings. The summed E-state index contributed by atoms with van der Waals surface area (Å²) in [4.78, 5) is 0.340. The lowest BCUT2D eigenvalue weighted by molar-refractivity contribution is 0.298. The molecule has 0 amide bonds. The van der Waals surface area contributed by atoms with Crippen molar-refractivity contribution < 1.29 is 8.42 Å². The van der Waals surface area contributed by atoms with Crippen molar-refractivity contribution in [1.82, 2.24) is 8.87 Å². The summed E-state index contributed by atoms with van der Waals surface area (Å²) < 4.78 is 31.1. The molecule has 0 aliphatic carbocycles. The van der Waals surface area contributed by atoms with Crippen molar-refractivity contribution in [3.63, 3.8) is 0 Å². The van der Waals surface area contributed by atoms with Gasteiger partial charge in [0.15, 0.2) is 0 Å². The summed E-state index contributed by atoms with van der Waals surface area (Å²) in [5.41, 5.74) is 1.98. The zero-order chi connectivity index (χ0) is 19.1. The molecule has 0 radical (unpaired) electrons. The number of rotatable bonds is 3. The molecule has 3 aromatic carbocycles. The van der Waals surface area contributed by atoms with Crippen LogP contribution < -0.4 is 0 Å². The van der Waals surface area contributed by atoms with E-state index in [9.17, 15) is 8.42 Å². The molecule has 1 aliphatic rings. The molecule has 1 aromatic heterocycles. The molecule has 0 bridgehead atoms. The standard InChI is InChI=1S/C23H20N2O2S/c26-28(27,21-13-12-18-7-4-5-10-20(18)17-21)25-16-15-24-14-6-11-22(24)23(25)19-8-2-1-3-9-19/h1-14,17,23H,15-16H2/t23-/m0/s1. The predicted octanol–water partition coefficient (Wildman–Crippen LogP) is 4.44. The van der Waals surface area contributed by atoms with Gasteiger partial charge in [-0.1, -0.05) is 60.7 Å². The normalized spacial score (nSPS) is 17.5. The van der Waals surface area contributed by atoms with Crippen LogP contribution >= 0.6 is 0 Å². The molecular weight excluding hydrogens is 368 g/mol. The number of benzene rings is 3. The van der Waals surface area contributed by atoms with Crippen LogP contribution in [0.5, 0.6) is 0 Å². The number of hydrogen-bond acceptors (Lipinski definition) is 2. The highest BCUT2D eigenvalue weighted by Gasteiger charge is 2.37. The van der Waals surface area contributed by atoms with Crippen molar-refractivity contribution in [3.8, 4) is 0 Å². The quantitative estimate of drug-likeness (QED) is 0.521. The monoisotopic (exact) mass is 388 g/mol. The van der Waals surface area contributed by atoms with Gasteiger partial charge in [0.2, 0.25) is 10.0 Å². The number of hydrogen-bond donors (Lipinski definition) is 0. The average molecular weight is 388 g/mol. The minimum Gasteiger partial charge on any atom is -0.348 e. The van der Waals surface area contributed by atoms with E-state index in [2.05, 4.69) is 4.57 Å². The van der Waals surface area contributed by atoms with Gasteiger partial charge in [-0.25, -0.2) is 8.42 Å². The summed E-state index contributed by atoms with van der Waals surface area (Å²) in [6.07, 6.45) is 2.02. The first kappa shape index (κ1) is 17.2. The van der Waals surface area contributed by atoms with Crippen molar-refractivity contribution in [2.24, 2.45) is 0 Å². The maximum absolute atomic E-state index is 13.7. The molecule has 0 saturated heterocycles. The number of fused-ring (bicyclic) bond motifs is 2. The Kier molecular flexibility index (Phi) is 4.07. The second kappa shape index (κ2) is 6.62. The fourth-order valence-electron chi connectivity index (χ4n) is 4.06. The Morgan fingerprint density at radius 1 is 0.750 bits per heavy atom. The van der Waals surface area contributed by atoms with Crippen LogP contribution in [0.1, 0.15) is 17.3 Å². The van der Waals surface area contributed by atoms with Crippen LogP contribution in [0.25, 0.3) is 10.8 Å². The molecule has 0 N–H and O–H groups in total. The van der Waals surface area contributed by atoms with E-state index in [1.54, 1.807) is 16.4 Å². The Hall–Kier alpha value is -2.89. The number of sulfonamides is 1. The molecule has 0 fully saturated rings. The lowest BCUT2D eigenvalue weighted by Crippen LogP contribution is -2.42. The Morgan fingerprint density at radius 2 is 1.50 bits per heavy atom. The van der Waals surface area contributed by atoms with Crippen LogP contribution in [0.2, 0.25) is 0 Å². The zero-order valence-corrected chi connectivity index (χ0v) is 16.1. The Bertz CT molecular complexity index is 1250. The fourth-order valence-corrected chi connectivity index (χ4v) is 5.67. The Morgan fingerprint density at radius 3 is 2.32 bits per heavy atom. The average Bonchev–Trinajstić information content (AvgIpc) is 3.22. The van der Waals surface area contributed by atoms with Crippen LogP contribution in [0.15, 0.2) is 96.0 Å². The largest absolute Gasteiger partial charge is 0.348 e. The molecule has 0 unspecified atom stereocenters. The first-order chi connectivity index (χ1) is 13.6. The maximum atomic E-state index is 13.7. The van der Waals surface area contributed by atoms with Gasteiger partial charge >= 0.3 is 0 Å². The van der Waals surface area contributed by atoms with Gasteiger partial charge in [0, 0.05) is 25.0 Å². The number of nitrogens with zero attached hydrogens (tertiary/aromatic N) is 2. The highest BCUT2D eigenvalue weighted by molar-refractivity contribution is 7.89. The van der Waals surface area contributed by atoms with Crippen LogP contribution in [0.3, 0.4) is 0 Å². The van der Waals surface area contributed by atoms with Crippen LogP contribution in [-0.2, 0) is 16.6 Å². The molecule has 5 heteroatoms. The van der Waals surface area contributed by atoms with Gasteiger partial charge in [-0.15, -0.1) is 0 Å². The molecule has 1 aliphatic heterocycles. The molecule has 5 rings (SSSR count).